The molecular weight excluding hydrogens is 178 g/mol. The zero-order valence-corrected chi connectivity index (χ0v) is 6.78. The molecule has 0 saturated carbocycles. The number of hydrogen-bond donors (Lipinski definition) is 0. The molecule has 7 nitrogen and oxygen atoms in total. The molecule has 0 bridgehead atoms. The van der Waals surface area contributed by atoms with E-state index in [1.807, 2.05) is 0 Å². The minimum Gasteiger partial charge on any atom is -0.444 e. The van der Waals surface area contributed by atoms with Crippen molar-refractivity contribution in [1.82, 2.24) is 9.55 Å². The van der Waals surface area contributed by atoms with Crippen LogP contribution in [0.2, 0.25) is 0 Å². The SMILES string of the molecule is CC(OC=O)n1cnc([N+](=O)[O-])c1. The molecule has 0 N–H and O–H groups in total. The van der Waals surface area contributed by atoms with Gasteiger partial charge in [0.15, 0.2) is 6.23 Å². The summed E-state index contributed by atoms with van der Waals surface area (Å²) in [5.41, 5.74) is 0. The van der Waals surface area contributed by atoms with Crippen molar-refractivity contribution < 1.29 is 14.5 Å². The molecule has 0 aliphatic carbocycles. The summed E-state index contributed by atoms with van der Waals surface area (Å²) >= 11 is 0. The first-order chi connectivity index (χ1) is 6.15. The largest absolute Gasteiger partial charge is 0.444 e. The molecule has 0 radical (unpaired) electrons. The average molecular weight is 185 g/mol. The Morgan fingerprint density at radius 2 is 2.54 bits per heavy atom. The van der Waals surface area contributed by atoms with Crippen LogP contribution in [-0.2, 0) is 9.53 Å². The summed E-state index contributed by atoms with van der Waals surface area (Å²) < 4.78 is 5.87. The van der Waals surface area contributed by atoms with E-state index < -0.39 is 11.2 Å². The normalized spacial score (nSPS) is 12.1. The smallest absolute Gasteiger partial charge is 0.381 e. The maximum Gasteiger partial charge on any atom is 0.381 e. The molecule has 0 aromatic carbocycles. The van der Waals surface area contributed by atoms with Gasteiger partial charge in [0, 0.05) is 0 Å². The summed E-state index contributed by atoms with van der Waals surface area (Å²) in [5.74, 6) is -0.277. The van der Waals surface area contributed by atoms with Crippen LogP contribution in [0.3, 0.4) is 0 Å². The fraction of sp³-hybridized carbons (Fsp3) is 0.333. The molecule has 7 heteroatoms. The lowest BCUT2D eigenvalue weighted by molar-refractivity contribution is -0.389. The van der Waals surface area contributed by atoms with Gasteiger partial charge in [-0.1, -0.05) is 0 Å². The first-order valence-electron chi connectivity index (χ1n) is 3.42. The van der Waals surface area contributed by atoms with Gasteiger partial charge >= 0.3 is 5.82 Å². The average Bonchev–Trinajstić information content (AvgIpc) is 2.52. The first-order valence-corrected chi connectivity index (χ1v) is 3.42. The van der Waals surface area contributed by atoms with Crippen LogP contribution in [0.1, 0.15) is 13.2 Å². The summed E-state index contributed by atoms with van der Waals surface area (Å²) in [4.78, 5) is 23.0. The van der Waals surface area contributed by atoms with Crippen molar-refractivity contribution in [1.29, 1.82) is 0 Å². The highest BCUT2D eigenvalue weighted by Gasteiger charge is 2.13. The third-order valence-electron chi connectivity index (χ3n) is 1.45. The van der Waals surface area contributed by atoms with Gasteiger partial charge in [-0.25, -0.2) is 0 Å². The second kappa shape index (κ2) is 3.65. The molecule has 1 heterocycles. The topological polar surface area (TPSA) is 87.3 Å². The van der Waals surface area contributed by atoms with Crippen LogP contribution in [0.5, 0.6) is 0 Å². The van der Waals surface area contributed by atoms with Crippen LogP contribution in [0.15, 0.2) is 12.5 Å². The standard InChI is InChI=1S/C6H7N3O4/c1-5(13-4-10)8-2-6(7-3-8)9(11)12/h2-5H,1H3. The van der Waals surface area contributed by atoms with Gasteiger partial charge in [-0.2, -0.15) is 0 Å². The summed E-state index contributed by atoms with van der Waals surface area (Å²) in [6.07, 6.45) is 1.83. The van der Waals surface area contributed by atoms with Crippen molar-refractivity contribution in [2.24, 2.45) is 0 Å². The second-order valence-electron chi connectivity index (χ2n) is 2.27. The number of rotatable bonds is 4. The van der Waals surface area contributed by atoms with Crippen molar-refractivity contribution >= 4 is 12.3 Å². The number of aromatic nitrogens is 2. The Morgan fingerprint density at radius 1 is 1.85 bits per heavy atom. The molecule has 1 rings (SSSR count). The second-order valence-corrected chi connectivity index (χ2v) is 2.27. The van der Waals surface area contributed by atoms with E-state index in [0.717, 1.165) is 0 Å². The Labute approximate surface area is 73.1 Å². The third-order valence-corrected chi connectivity index (χ3v) is 1.45. The Bertz CT molecular complexity index is 321. The highest BCUT2D eigenvalue weighted by Crippen LogP contribution is 2.11. The van der Waals surface area contributed by atoms with Gasteiger partial charge in [0.2, 0.25) is 6.33 Å². The Kier molecular flexibility index (Phi) is 2.58. The van der Waals surface area contributed by atoms with E-state index in [0.29, 0.717) is 0 Å². The van der Waals surface area contributed by atoms with E-state index in [1.165, 1.54) is 17.1 Å². The van der Waals surface area contributed by atoms with Crippen molar-refractivity contribution in [3.63, 3.8) is 0 Å². The van der Waals surface area contributed by atoms with Crippen molar-refractivity contribution in [3.8, 4) is 0 Å². The van der Waals surface area contributed by atoms with Gasteiger partial charge in [0.1, 0.15) is 6.20 Å². The highest BCUT2D eigenvalue weighted by atomic mass is 16.6. The summed E-state index contributed by atoms with van der Waals surface area (Å²) in [7, 11) is 0. The summed E-state index contributed by atoms with van der Waals surface area (Å²) in [6, 6.07) is 0. The summed E-state index contributed by atoms with van der Waals surface area (Å²) in [5, 5.41) is 10.2. The predicted molar refractivity (Wildman–Crippen MR) is 40.7 cm³/mol. The van der Waals surface area contributed by atoms with Crippen LogP contribution in [0.4, 0.5) is 5.82 Å². The van der Waals surface area contributed by atoms with Crippen molar-refractivity contribution in [2.45, 2.75) is 13.2 Å². The number of hydrogen-bond acceptors (Lipinski definition) is 5. The number of carbonyl (C=O) groups excluding carboxylic acids is 1. The van der Waals surface area contributed by atoms with E-state index >= 15 is 0 Å². The Morgan fingerprint density at radius 3 is 3.00 bits per heavy atom. The molecule has 70 valence electrons. The van der Waals surface area contributed by atoms with Crippen LogP contribution in [0, 0.1) is 10.1 Å². The van der Waals surface area contributed by atoms with E-state index in [2.05, 4.69) is 9.72 Å². The number of nitrogens with zero attached hydrogens (tertiary/aromatic N) is 3. The summed E-state index contributed by atoms with van der Waals surface area (Å²) in [6.45, 7) is 1.84. The molecule has 13 heavy (non-hydrogen) atoms. The van der Waals surface area contributed by atoms with Gasteiger partial charge in [0.25, 0.3) is 6.47 Å². The van der Waals surface area contributed by atoms with Crippen molar-refractivity contribution in [3.05, 3.63) is 22.6 Å². The third kappa shape index (κ3) is 2.01. The molecule has 0 aliphatic heterocycles. The fourth-order valence-corrected chi connectivity index (χ4v) is 0.770. The van der Waals surface area contributed by atoms with Gasteiger partial charge in [0.05, 0.1) is 0 Å². The number of ether oxygens (including phenoxy) is 1. The van der Waals surface area contributed by atoms with E-state index in [-0.39, 0.29) is 12.3 Å². The molecule has 1 unspecified atom stereocenters. The number of carbonyl (C=O) groups is 1. The van der Waals surface area contributed by atoms with Crippen LogP contribution in [-0.4, -0.2) is 20.9 Å². The molecule has 0 aliphatic rings. The van der Waals surface area contributed by atoms with Crippen LogP contribution < -0.4 is 0 Å². The lowest BCUT2D eigenvalue weighted by atomic mass is 10.6. The van der Waals surface area contributed by atoms with Crippen LogP contribution >= 0.6 is 0 Å². The molecule has 0 fully saturated rings. The quantitative estimate of drug-likeness (QED) is 0.386. The molecule has 1 atom stereocenters. The van der Waals surface area contributed by atoms with Crippen LogP contribution in [0.25, 0.3) is 0 Å². The minimum absolute atomic E-state index is 0.274. The molecule has 1 aromatic rings. The minimum atomic E-state index is -0.621. The Hall–Kier alpha value is -1.92. The predicted octanol–water partition coefficient (Wildman–Crippen LogP) is 0.483. The first kappa shape index (κ1) is 9.17. The van der Waals surface area contributed by atoms with Gasteiger partial charge < -0.3 is 14.9 Å². The monoisotopic (exact) mass is 185 g/mol. The van der Waals surface area contributed by atoms with E-state index in [4.69, 9.17) is 0 Å². The zero-order chi connectivity index (χ0) is 9.84. The zero-order valence-electron chi connectivity index (χ0n) is 6.78. The van der Waals surface area contributed by atoms with Gasteiger partial charge in [-0.05, 0) is 16.8 Å². The van der Waals surface area contributed by atoms with Crippen molar-refractivity contribution in [2.75, 3.05) is 0 Å². The molecule has 0 spiro atoms. The lowest BCUT2D eigenvalue weighted by Crippen LogP contribution is -2.05. The molecule has 1 aromatic heterocycles. The van der Waals surface area contributed by atoms with Gasteiger partial charge in [-0.3, -0.25) is 9.36 Å². The molecular formula is C6H7N3O4. The number of imidazole rings is 1. The fourth-order valence-electron chi connectivity index (χ4n) is 0.770. The van der Waals surface area contributed by atoms with Gasteiger partial charge in [-0.15, -0.1) is 0 Å². The maximum atomic E-state index is 10.2. The lowest BCUT2D eigenvalue weighted by Gasteiger charge is -2.07. The molecule has 0 amide bonds. The number of nitro groups is 1. The maximum absolute atomic E-state index is 10.2. The Balaban J connectivity index is 2.78. The highest BCUT2D eigenvalue weighted by molar-refractivity contribution is 5.37. The molecule has 0 saturated heterocycles. The van der Waals surface area contributed by atoms with E-state index in [9.17, 15) is 14.9 Å². The van der Waals surface area contributed by atoms with E-state index in [1.54, 1.807) is 6.92 Å².